The zero-order valence-electron chi connectivity index (χ0n) is 12.7. The maximum atomic E-state index is 11.8. The molecule has 0 aliphatic rings. The van der Waals surface area contributed by atoms with Crippen LogP contribution in [0.2, 0.25) is 0 Å². The van der Waals surface area contributed by atoms with Gasteiger partial charge in [0.15, 0.2) is 5.13 Å². The highest BCUT2D eigenvalue weighted by molar-refractivity contribution is 7.22. The third-order valence-electron chi connectivity index (χ3n) is 3.61. The summed E-state index contributed by atoms with van der Waals surface area (Å²) in [4.78, 5) is 18.4. The monoisotopic (exact) mass is 306 g/mol. The Kier molecular flexibility index (Phi) is 5.52. The van der Waals surface area contributed by atoms with Crippen LogP contribution < -0.4 is 10.6 Å². The van der Waals surface area contributed by atoms with Gasteiger partial charge in [-0.25, -0.2) is 9.78 Å². The van der Waals surface area contributed by atoms with E-state index in [-0.39, 0.29) is 6.03 Å². The normalized spacial score (nSPS) is 12.6. The van der Waals surface area contributed by atoms with Gasteiger partial charge in [0.2, 0.25) is 0 Å². The van der Waals surface area contributed by atoms with Crippen molar-refractivity contribution in [3.05, 3.63) is 24.3 Å². The summed E-state index contributed by atoms with van der Waals surface area (Å²) in [5.41, 5.74) is 0.911. The Morgan fingerprint density at radius 2 is 2.19 bits per heavy atom. The second-order valence-corrected chi connectivity index (χ2v) is 6.14. The van der Waals surface area contributed by atoms with Crippen LogP contribution in [-0.4, -0.2) is 42.1 Å². The Morgan fingerprint density at radius 1 is 1.43 bits per heavy atom. The molecule has 0 aliphatic carbocycles. The zero-order chi connectivity index (χ0) is 15.2. The second kappa shape index (κ2) is 7.38. The highest BCUT2D eigenvalue weighted by atomic mass is 32.1. The first kappa shape index (κ1) is 15.7. The summed E-state index contributed by atoms with van der Waals surface area (Å²) in [6.07, 6.45) is 1.11. The lowest BCUT2D eigenvalue weighted by Gasteiger charge is -2.23. The van der Waals surface area contributed by atoms with Gasteiger partial charge in [-0.3, -0.25) is 5.32 Å². The van der Waals surface area contributed by atoms with Gasteiger partial charge in [-0.1, -0.05) is 30.4 Å². The van der Waals surface area contributed by atoms with E-state index in [1.807, 2.05) is 24.3 Å². The SMILES string of the molecule is CC[C@@H](C)N(C)CCNC(=O)Nc1nc2ccccc2s1. The van der Waals surface area contributed by atoms with Crippen LogP contribution in [-0.2, 0) is 0 Å². The highest BCUT2D eigenvalue weighted by Gasteiger charge is 2.09. The highest BCUT2D eigenvalue weighted by Crippen LogP contribution is 2.25. The lowest BCUT2D eigenvalue weighted by atomic mass is 10.2. The Hall–Kier alpha value is -1.66. The summed E-state index contributed by atoms with van der Waals surface area (Å²) in [7, 11) is 2.07. The molecule has 1 heterocycles. The van der Waals surface area contributed by atoms with E-state index in [1.54, 1.807) is 0 Å². The van der Waals surface area contributed by atoms with Gasteiger partial charge in [0.25, 0.3) is 0 Å². The van der Waals surface area contributed by atoms with E-state index in [9.17, 15) is 4.79 Å². The molecule has 0 aliphatic heterocycles. The Morgan fingerprint density at radius 3 is 2.90 bits per heavy atom. The largest absolute Gasteiger partial charge is 0.337 e. The fourth-order valence-corrected chi connectivity index (χ4v) is 2.81. The number of rotatable bonds is 6. The van der Waals surface area contributed by atoms with Crippen LogP contribution in [0.1, 0.15) is 20.3 Å². The summed E-state index contributed by atoms with van der Waals surface area (Å²) in [6.45, 7) is 5.80. The molecule has 0 saturated heterocycles. The van der Waals surface area contributed by atoms with E-state index in [0.29, 0.717) is 17.7 Å². The standard InChI is InChI=1S/C15H22N4OS/c1-4-11(2)19(3)10-9-16-14(20)18-15-17-12-7-5-6-8-13(12)21-15/h5-8,11H,4,9-10H2,1-3H3,(H2,16,17,18,20)/t11-/m1/s1. The van der Waals surface area contributed by atoms with Gasteiger partial charge in [-0.05, 0) is 32.5 Å². The topological polar surface area (TPSA) is 57.3 Å². The third kappa shape index (κ3) is 4.41. The van der Waals surface area contributed by atoms with Gasteiger partial charge in [0.1, 0.15) is 0 Å². The van der Waals surface area contributed by atoms with Crippen molar-refractivity contribution in [2.75, 3.05) is 25.5 Å². The number of urea groups is 1. The van der Waals surface area contributed by atoms with Crippen LogP contribution >= 0.6 is 11.3 Å². The Balaban J connectivity index is 1.79. The third-order valence-corrected chi connectivity index (χ3v) is 4.56. The number of hydrogen-bond acceptors (Lipinski definition) is 4. The number of thiazole rings is 1. The quantitative estimate of drug-likeness (QED) is 0.862. The average Bonchev–Trinajstić information content (AvgIpc) is 2.88. The van der Waals surface area contributed by atoms with Crippen LogP contribution in [0.5, 0.6) is 0 Å². The van der Waals surface area contributed by atoms with Crippen LogP contribution in [0, 0.1) is 0 Å². The van der Waals surface area contributed by atoms with E-state index in [1.165, 1.54) is 11.3 Å². The second-order valence-electron chi connectivity index (χ2n) is 5.11. The van der Waals surface area contributed by atoms with Crippen molar-refractivity contribution in [2.24, 2.45) is 0 Å². The molecule has 0 radical (unpaired) electrons. The van der Waals surface area contributed by atoms with Crippen molar-refractivity contribution >= 4 is 32.7 Å². The average molecular weight is 306 g/mol. The molecule has 2 N–H and O–H groups in total. The number of nitrogens with zero attached hydrogens (tertiary/aromatic N) is 2. The van der Waals surface area contributed by atoms with E-state index in [0.717, 1.165) is 23.2 Å². The first-order valence-corrected chi connectivity index (χ1v) is 8.02. The molecular weight excluding hydrogens is 284 g/mol. The molecule has 1 atom stereocenters. The van der Waals surface area contributed by atoms with Crippen LogP contribution in [0.25, 0.3) is 10.2 Å². The smallest absolute Gasteiger partial charge is 0.321 e. The van der Waals surface area contributed by atoms with E-state index < -0.39 is 0 Å². The maximum Gasteiger partial charge on any atom is 0.321 e. The molecule has 2 amide bonds. The molecule has 1 aromatic heterocycles. The molecule has 114 valence electrons. The number of aromatic nitrogens is 1. The number of amides is 2. The molecule has 2 rings (SSSR count). The number of carbonyl (C=O) groups is 1. The minimum atomic E-state index is -0.202. The zero-order valence-corrected chi connectivity index (χ0v) is 13.5. The summed E-state index contributed by atoms with van der Waals surface area (Å²) in [5, 5.41) is 6.28. The van der Waals surface area contributed by atoms with Gasteiger partial charge in [0, 0.05) is 19.1 Å². The van der Waals surface area contributed by atoms with E-state index >= 15 is 0 Å². The number of benzene rings is 1. The number of hydrogen-bond donors (Lipinski definition) is 2. The summed E-state index contributed by atoms with van der Waals surface area (Å²) < 4.78 is 1.07. The van der Waals surface area contributed by atoms with E-state index in [2.05, 4.69) is 41.4 Å². The predicted molar refractivity (Wildman–Crippen MR) is 89.0 cm³/mol. The van der Waals surface area contributed by atoms with Gasteiger partial charge in [-0.2, -0.15) is 0 Å². The predicted octanol–water partition coefficient (Wildman–Crippen LogP) is 3.15. The summed E-state index contributed by atoms with van der Waals surface area (Å²) in [5.74, 6) is 0. The minimum Gasteiger partial charge on any atom is -0.337 e. The number of nitrogens with one attached hydrogen (secondary N) is 2. The Bertz CT molecular complexity index is 565. The Labute approximate surface area is 129 Å². The van der Waals surface area contributed by atoms with Gasteiger partial charge in [-0.15, -0.1) is 0 Å². The molecule has 1 aromatic carbocycles. The van der Waals surface area contributed by atoms with Crippen molar-refractivity contribution < 1.29 is 4.79 Å². The minimum absolute atomic E-state index is 0.202. The fraction of sp³-hybridized carbons (Fsp3) is 0.467. The number of anilines is 1. The van der Waals surface area contributed by atoms with Crippen LogP contribution in [0.4, 0.5) is 9.93 Å². The summed E-state index contributed by atoms with van der Waals surface area (Å²) >= 11 is 1.48. The molecule has 0 bridgehead atoms. The lowest BCUT2D eigenvalue weighted by Crippen LogP contribution is -2.38. The van der Waals surface area contributed by atoms with Crippen molar-refractivity contribution in [2.45, 2.75) is 26.3 Å². The molecule has 0 unspecified atom stereocenters. The van der Waals surface area contributed by atoms with E-state index in [4.69, 9.17) is 0 Å². The molecule has 2 aromatic rings. The number of carbonyl (C=O) groups excluding carboxylic acids is 1. The maximum absolute atomic E-state index is 11.8. The molecule has 5 nitrogen and oxygen atoms in total. The number of likely N-dealkylation sites (N-methyl/N-ethyl adjacent to an activating group) is 1. The van der Waals surface area contributed by atoms with Crippen molar-refractivity contribution in [1.29, 1.82) is 0 Å². The molecular formula is C15H22N4OS. The van der Waals surface area contributed by atoms with Crippen LogP contribution in [0.15, 0.2) is 24.3 Å². The van der Waals surface area contributed by atoms with Crippen molar-refractivity contribution in [3.63, 3.8) is 0 Å². The first-order chi connectivity index (χ1) is 10.1. The molecule has 6 heteroatoms. The molecule has 0 spiro atoms. The van der Waals surface area contributed by atoms with Gasteiger partial charge < -0.3 is 10.2 Å². The van der Waals surface area contributed by atoms with Crippen molar-refractivity contribution in [1.82, 2.24) is 15.2 Å². The number of fused-ring (bicyclic) bond motifs is 1. The first-order valence-electron chi connectivity index (χ1n) is 7.20. The van der Waals surface area contributed by atoms with Crippen molar-refractivity contribution in [3.8, 4) is 0 Å². The lowest BCUT2D eigenvalue weighted by molar-refractivity contribution is 0.238. The molecule has 0 fully saturated rings. The summed E-state index contributed by atoms with van der Waals surface area (Å²) in [6, 6.07) is 8.17. The van der Waals surface area contributed by atoms with Gasteiger partial charge in [0.05, 0.1) is 10.2 Å². The number of para-hydroxylation sites is 1. The molecule has 21 heavy (non-hydrogen) atoms. The fourth-order valence-electron chi connectivity index (χ4n) is 1.94. The molecule has 0 saturated carbocycles. The van der Waals surface area contributed by atoms with Crippen LogP contribution in [0.3, 0.4) is 0 Å². The van der Waals surface area contributed by atoms with Gasteiger partial charge >= 0.3 is 6.03 Å².